The maximum absolute atomic E-state index is 12.4. The summed E-state index contributed by atoms with van der Waals surface area (Å²) in [6.45, 7) is 1.73. The quantitative estimate of drug-likeness (QED) is 0.671. The van der Waals surface area contributed by atoms with Gasteiger partial charge in [-0.05, 0) is 40.2 Å². The molecule has 1 aliphatic rings. The van der Waals surface area contributed by atoms with E-state index in [0.29, 0.717) is 28.4 Å². The van der Waals surface area contributed by atoms with Crippen molar-refractivity contribution in [2.75, 3.05) is 25.0 Å². The Hall–Kier alpha value is 0.530. The summed E-state index contributed by atoms with van der Waals surface area (Å²) < 4.78 is 33.1. The Kier molecular flexibility index (Phi) is 5.86. The third-order valence-electron chi connectivity index (χ3n) is 2.99. The third-order valence-corrected chi connectivity index (χ3v) is 7.86. The van der Waals surface area contributed by atoms with Gasteiger partial charge in [0.1, 0.15) is 4.21 Å². The van der Waals surface area contributed by atoms with E-state index in [2.05, 4.69) is 31.9 Å². The Morgan fingerprint density at radius 2 is 2.11 bits per heavy atom. The summed E-state index contributed by atoms with van der Waals surface area (Å²) in [7, 11) is -3.35. The van der Waals surface area contributed by atoms with E-state index in [1.165, 1.54) is 11.3 Å². The van der Waals surface area contributed by atoms with Crippen LogP contribution < -0.4 is 0 Å². The molecule has 0 aromatic carbocycles. The molecule has 0 unspecified atom stereocenters. The summed E-state index contributed by atoms with van der Waals surface area (Å²) in [5.41, 5.74) is 0. The molecule has 108 valence electrons. The zero-order valence-corrected chi connectivity index (χ0v) is 15.0. The molecule has 0 radical (unpaired) electrons. The van der Waals surface area contributed by atoms with E-state index in [1.807, 2.05) is 0 Å². The van der Waals surface area contributed by atoms with Crippen LogP contribution in [0.2, 0.25) is 0 Å². The van der Waals surface area contributed by atoms with Crippen molar-refractivity contribution < 1.29 is 13.2 Å². The average molecular weight is 433 g/mol. The minimum absolute atomic E-state index is 0.177. The summed E-state index contributed by atoms with van der Waals surface area (Å²) >= 11 is 7.86. The summed E-state index contributed by atoms with van der Waals surface area (Å²) in [6.07, 6.45) is 1.69. The standard InChI is InChI=1S/C11H15Br2NO3S2/c12-4-7-17-9-1-5-14(6-2-9)19(15,16)11-10(13)3-8-18-11/h3,8-9H,1-2,4-7H2. The lowest BCUT2D eigenvalue weighted by molar-refractivity contribution is 0.0309. The molecular weight excluding hydrogens is 418 g/mol. The Morgan fingerprint density at radius 1 is 1.42 bits per heavy atom. The lowest BCUT2D eigenvalue weighted by Gasteiger charge is -2.30. The summed E-state index contributed by atoms with van der Waals surface area (Å²) in [6, 6.07) is 1.77. The van der Waals surface area contributed by atoms with Gasteiger partial charge in [-0.3, -0.25) is 0 Å². The number of piperidine rings is 1. The largest absolute Gasteiger partial charge is 0.377 e. The number of rotatable bonds is 5. The molecule has 1 aromatic heterocycles. The average Bonchev–Trinajstić information content (AvgIpc) is 2.84. The summed E-state index contributed by atoms with van der Waals surface area (Å²) in [5, 5.41) is 2.59. The normalized spacial score (nSPS) is 18.8. The van der Waals surface area contributed by atoms with Crippen molar-refractivity contribution >= 4 is 53.2 Å². The lowest BCUT2D eigenvalue weighted by Crippen LogP contribution is -2.40. The van der Waals surface area contributed by atoms with Gasteiger partial charge in [0.15, 0.2) is 0 Å². The van der Waals surface area contributed by atoms with Crippen LogP contribution in [0.1, 0.15) is 12.8 Å². The van der Waals surface area contributed by atoms with Crippen LogP contribution in [0.5, 0.6) is 0 Å². The van der Waals surface area contributed by atoms with Crippen LogP contribution in [0.25, 0.3) is 0 Å². The summed E-state index contributed by atoms with van der Waals surface area (Å²) in [4.78, 5) is 0. The Balaban J connectivity index is 2.00. The van der Waals surface area contributed by atoms with Crippen LogP contribution in [0, 0.1) is 0 Å². The second-order valence-corrected chi connectivity index (χ2v) is 8.92. The maximum Gasteiger partial charge on any atom is 0.253 e. The minimum Gasteiger partial charge on any atom is -0.377 e. The molecule has 0 N–H and O–H groups in total. The Bertz CT molecular complexity index is 510. The topological polar surface area (TPSA) is 46.6 Å². The number of nitrogens with zero attached hydrogens (tertiary/aromatic N) is 1. The molecule has 0 amide bonds. The monoisotopic (exact) mass is 431 g/mol. The molecule has 1 aromatic rings. The zero-order valence-electron chi connectivity index (χ0n) is 10.2. The van der Waals surface area contributed by atoms with Crippen molar-refractivity contribution in [1.29, 1.82) is 0 Å². The number of ether oxygens (including phenoxy) is 1. The number of sulfonamides is 1. The molecule has 8 heteroatoms. The van der Waals surface area contributed by atoms with Crippen molar-refractivity contribution in [3.05, 3.63) is 15.9 Å². The van der Waals surface area contributed by atoms with Gasteiger partial charge >= 0.3 is 0 Å². The SMILES string of the molecule is O=S(=O)(c1sccc1Br)N1CCC(OCCBr)CC1. The number of hydrogen-bond acceptors (Lipinski definition) is 4. The van der Waals surface area contributed by atoms with Gasteiger partial charge in [0, 0.05) is 22.9 Å². The minimum atomic E-state index is -3.35. The molecule has 2 heterocycles. The van der Waals surface area contributed by atoms with Crippen molar-refractivity contribution in [2.45, 2.75) is 23.2 Å². The Labute approximate surface area is 134 Å². The first-order chi connectivity index (χ1) is 9.05. The van der Waals surface area contributed by atoms with E-state index in [4.69, 9.17) is 4.74 Å². The smallest absolute Gasteiger partial charge is 0.253 e. The first kappa shape index (κ1) is 15.9. The molecule has 0 aliphatic carbocycles. The van der Waals surface area contributed by atoms with Crippen molar-refractivity contribution in [1.82, 2.24) is 4.31 Å². The van der Waals surface area contributed by atoms with E-state index < -0.39 is 10.0 Å². The second kappa shape index (κ2) is 7.00. The number of alkyl halides is 1. The fourth-order valence-electron chi connectivity index (χ4n) is 2.03. The third kappa shape index (κ3) is 3.79. The van der Waals surface area contributed by atoms with Gasteiger partial charge in [-0.2, -0.15) is 4.31 Å². The number of hydrogen-bond donors (Lipinski definition) is 0. The fraction of sp³-hybridized carbons (Fsp3) is 0.636. The highest BCUT2D eigenvalue weighted by Crippen LogP contribution is 2.31. The second-order valence-electron chi connectivity index (χ2n) is 4.22. The molecule has 0 saturated carbocycles. The van der Waals surface area contributed by atoms with Crippen molar-refractivity contribution in [3.63, 3.8) is 0 Å². The van der Waals surface area contributed by atoms with Crippen LogP contribution in [0.3, 0.4) is 0 Å². The van der Waals surface area contributed by atoms with Crippen molar-refractivity contribution in [3.8, 4) is 0 Å². The molecule has 2 rings (SSSR count). The van der Waals surface area contributed by atoms with Gasteiger partial charge in [-0.1, -0.05) is 15.9 Å². The Morgan fingerprint density at radius 3 is 2.63 bits per heavy atom. The fourth-order valence-corrected chi connectivity index (χ4v) is 6.14. The predicted molar refractivity (Wildman–Crippen MR) is 83.5 cm³/mol. The number of thiophene rings is 1. The predicted octanol–water partition coefficient (Wildman–Crippen LogP) is 3.08. The molecule has 0 spiro atoms. The van der Waals surface area contributed by atoms with Crippen LogP contribution in [0.15, 0.2) is 20.1 Å². The van der Waals surface area contributed by atoms with Crippen LogP contribution in [-0.4, -0.2) is 43.9 Å². The van der Waals surface area contributed by atoms with E-state index >= 15 is 0 Å². The first-order valence-corrected chi connectivity index (χ1v) is 10.2. The van der Waals surface area contributed by atoms with E-state index in [0.717, 1.165) is 18.2 Å². The van der Waals surface area contributed by atoms with E-state index in [-0.39, 0.29) is 6.10 Å². The van der Waals surface area contributed by atoms with Crippen molar-refractivity contribution in [2.24, 2.45) is 0 Å². The van der Waals surface area contributed by atoms with E-state index in [1.54, 1.807) is 15.8 Å². The maximum atomic E-state index is 12.4. The molecule has 1 saturated heterocycles. The van der Waals surface area contributed by atoms with Crippen LogP contribution >= 0.6 is 43.2 Å². The van der Waals surface area contributed by atoms with E-state index in [9.17, 15) is 8.42 Å². The van der Waals surface area contributed by atoms with Gasteiger partial charge in [0.05, 0.1) is 12.7 Å². The molecule has 0 atom stereocenters. The van der Waals surface area contributed by atoms with Gasteiger partial charge in [-0.25, -0.2) is 8.42 Å². The van der Waals surface area contributed by atoms with Gasteiger partial charge in [-0.15, -0.1) is 11.3 Å². The molecule has 4 nitrogen and oxygen atoms in total. The van der Waals surface area contributed by atoms with Gasteiger partial charge in [0.25, 0.3) is 10.0 Å². The van der Waals surface area contributed by atoms with Crippen LogP contribution in [-0.2, 0) is 14.8 Å². The zero-order chi connectivity index (χ0) is 13.9. The molecule has 1 aliphatic heterocycles. The molecule has 0 bridgehead atoms. The molecular formula is C11H15Br2NO3S2. The molecule has 19 heavy (non-hydrogen) atoms. The highest BCUT2D eigenvalue weighted by Gasteiger charge is 2.31. The highest BCUT2D eigenvalue weighted by atomic mass is 79.9. The van der Waals surface area contributed by atoms with Gasteiger partial charge < -0.3 is 4.74 Å². The summed E-state index contributed by atoms with van der Waals surface area (Å²) in [5.74, 6) is 0. The van der Waals surface area contributed by atoms with Gasteiger partial charge in [0.2, 0.25) is 0 Å². The van der Waals surface area contributed by atoms with Crippen LogP contribution in [0.4, 0.5) is 0 Å². The lowest BCUT2D eigenvalue weighted by atomic mass is 10.1. The number of halogens is 2. The highest BCUT2D eigenvalue weighted by molar-refractivity contribution is 9.10. The first-order valence-electron chi connectivity index (χ1n) is 5.96. The molecule has 1 fully saturated rings.